The van der Waals surface area contributed by atoms with Crippen molar-refractivity contribution in [3.8, 4) is 0 Å². The molecule has 1 heteroatoms. The molecular weight excluding hydrogens is 98.1 g/mol. The van der Waals surface area contributed by atoms with Crippen molar-refractivity contribution >= 4 is 6.21 Å². The first kappa shape index (κ1) is 7.41. The van der Waals surface area contributed by atoms with Gasteiger partial charge in [0, 0.05) is 6.21 Å². The highest BCUT2D eigenvalue weighted by Gasteiger charge is 1.86. The summed E-state index contributed by atoms with van der Waals surface area (Å²) < 4.78 is 0. The third-order valence-corrected chi connectivity index (χ3v) is 1.42. The van der Waals surface area contributed by atoms with Crippen LogP contribution in [0.5, 0.6) is 0 Å². The normalized spacial score (nSPS) is 12.9. The van der Waals surface area contributed by atoms with Crippen LogP contribution >= 0.6 is 0 Å². The van der Waals surface area contributed by atoms with Gasteiger partial charge in [0.05, 0.1) is 0 Å². The fourth-order valence-corrected chi connectivity index (χ4v) is 0.402. The van der Waals surface area contributed by atoms with E-state index in [1.54, 1.807) is 0 Å². The van der Waals surface area contributed by atoms with Crippen molar-refractivity contribution in [3.63, 3.8) is 0 Å². The number of hydrogen-bond donors (Lipinski definition) is 1. The van der Waals surface area contributed by atoms with Gasteiger partial charge in [-0.25, -0.2) is 0 Å². The van der Waals surface area contributed by atoms with Gasteiger partial charge in [-0.1, -0.05) is 12.5 Å². The zero-order chi connectivity index (χ0) is 6.57. The molecule has 46 valence electrons. The summed E-state index contributed by atoms with van der Waals surface area (Å²) in [6.07, 6.45) is 2.46. The number of nitrogens with one attached hydrogen (secondary N) is 1. The lowest BCUT2D eigenvalue weighted by Crippen LogP contribution is -1.81. The molecule has 0 aromatic rings. The van der Waals surface area contributed by atoms with Crippen LogP contribution in [0.25, 0.3) is 0 Å². The topological polar surface area (TPSA) is 23.9 Å². The van der Waals surface area contributed by atoms with Gasteiger partial charge in [0.2, 0.25) is 0 Å². The molecule has 0 saturated heterocycles. The van der Waals surface area contributed by atoms with Crippen LogP contribution in [-0.2, 0) is 0 Å². The molecule has 0 aliphatic heterocycles. The van der Waals surface area contributed by atoms with Crippen molar-refractivity contribution in [2.24, 2.45) is 0 Å². The number of hydrogen-bond acceptors (Lipinski definition) is 1. The summed E-state index contributed by atoms with van der Waals surface area (Å²) in [6, 6.07) is 0. The molecule has 0 unspecified atom stereocenters. The van der Waals surface area contributed by atoms with Crippen LogP contribution in [0.3, 0.4) is 0 Å². The molecule has 1 nitrogen and oxygen atoms in total. The van der Waals surface area contributed by atoms with E-state index in [4.69, 9.17) is 5.41 Å². The van der Waals surface area contributed by atoms with E-state index < -0.39 is 0 Å². The van der Waals surface area contributed by atoms with E-state index in [0.29, 0.717) is 0 Å². The minimum Gasteiger partial charge on any atom is -0.308 e. The Kier molecular flexibility index (Phi) is 3.16. The van der Waals surface area contributed by atoms with Gasteiger partial charge in [-0.3, -0.25) is 0 Å². The van der Waals surface area contributed by atoms with Crippen LogP contribution in [0, 0.1) is 5.41 Å². The largest absolute Gasteiger partial charge is 0.308 e. The number of allylic oxidation sites excluding steroid dienone is 2. The van der Waals surface area contributed by atoms with Gasteiger partial charge in [0.1, 0.15) is 0 Å². The van der Waals surface area contributed by atoms with E-state index in [-0.39, 0.29) is 0 Å². The summed E-state index contributed by atoms with van der Waals surface area (Å²) in [5.41, 5.74) is 2.40. The lowest BCUT2D eigenvalue weighted by Gasteiger charge is -1.95. The van der Waals surface area contributed by atoms with Gasteiger partial charge in [-0.15, -0.1) is 0 Å². The van der Waals surface area contributed by atoms with Crippen LogP contribution in [0.1, 0.15) is 27.2 Å². The third-order valence-electron chi connectivity index (χ3n) is 1.42. The first-order valence-corrected chi connectivity index (χ1v) is 2.89. The van der Waals surface area contributed by atoms with Crippen molar-refractivity contribution in [1.29, 1.82) is 5.41 Å². The highest BCUT2D eigenvalue weighted by molar-refractivity contribution is 5.75. The Balaban J connectivity index is 4.03. The highest BCUT2D eigenvalue weighted by Crippen LogP contribution is 2.03. The maximum atomic E-state index is 6.86. The number of rotatable bonds is 2. The van der Waals surface area contributed by atoms with E-state index in [0.717, 1.165) is 12.0 Å². The maximum absolute atomic E-state index is 6.86. The molecule has 0 fully saturated rings. The molecule has 0 rings (SSSR count). The predicted octanol–water partition coefficient (Wildman–Crippen LogP) is 2.38. The van der Waals surface area contributed by atoms with E-state index in [1.807, 2.05) is 6.92 Å². The Morgan fingerprint density at radius 1 is 1.50 bits per heavy atom. The molecule has 0 spiro atoms. The Hall–Kier alpha value is -0.590. The van der Waals surface area contributed by atoms with Crippen LogP contribution in [0.2, 0.25) is 0 Å². The molecule has 0 aliphatic rings. The van der Waals surface area contributed by atoms with Gasteiger partial charge in [-0.2, -0.15) is 0 Å². The molecule has 0 aromatic carbocycles. The van der Waals surface area contributed by atoms with Crippen LogP contribution in [-0.4, -0.2) is 6.21 Å². The summed E-state index contributed by atoms with van der Waals surface area (Å²) in [7, 11) is 0. The summed E-state index contributed by atoms with van der Waals surface area (Å²) >= 11 is 0. The second-order valence-corrected chi connectivity index (χ2v) is 1.96. The summed E-state index contributed by atoms with van der Waals surface area (Å²) in [5.74, 6) is 0. The quantitative estimate of drug-likeness (QED) is 0.529. The smallest absolute Gasteiger partial charge is 0.0206 e. The van der Waals surface area contributed by atoms with Crippen molar-refractivity contribution in [2.45, 2.75) is 27.2 Å². The first-order chi connectivity index (χ1) is 3.72. The first-order valence-electron chi connectivity index (χ1n) is 2.89. The highest BCUT2D eigenvalue weighted by atomic mass is 14.3. The Bertz CT molecular complexity index is 112. The minimum atomic E-state index is 1.06. The van der Waals surface area contributed by atoms with Crippen molar-refractivity contribution in [1.82, 2.24) is 0 Å². The summed E-state index contributed by atoms with van der Waals surface area (Å²) in [4.78, 5) is 0. The second kappa shape index (κ2) is 3.42. The Labute approximate surface area is 50.9 Å². The second-order valence-electron chi connectivity index (χ2n) is 1.96. The lowest BCUT2D eigenvalue weighted by atomic mass is 10.1. The van der Waals surface area contributed by atoms with Gasteiger partial charge >= 0.3 is 0 Å². The zero-order valence-electron chi connectivity index (χ0n) is 5.78. The molecule has 0 saturated carbocycles. The SMILES string of the molecule is CCC(C)=C(C)C=N. The average Bonchev–Trinajstić information content (AvgIpc) is 1.84. The van der Waals surface area contributed by atoms with E-state index in [2.05, 4.69) is 13.8 Å². The van der Waals surface area contributed by atoms with E-state index >= 15 is 0 Å². The third kappa shape index (κ3) is 1.92. The lowest BCUT2D eigenvalue weighted by molar-refractivity contribution is 1.08. The minimum absolute atomic E-state index is 1.06. The molecule has 0 amide bonds. The predicted molar refractivity (Wildman–Crippen MR) is 37.4 cm³/mol. The summed E-state index contributed by atoms with van der Waals surface area (Å²) in [5, 5.41) is 6.86. The molecule has 0 heterocycles. The fourth-order valence-electron chi connectivity index (χ4n) is 0.402. The molecule has 0 atom stereocenters. The Morgan fingerprint density at radius 2 is 2.00 bits per heavy atom. The van der Waals surface area contributed by atoms with Gasteiger partial charge in [0.15, 0.2) is 0 Å². The molecule has 8 heavy (non-hydrogen) atoms. The molecular formula is C7H13N. The zero-order valence-corrected chi connectivity index (χ0v) is 5.78. The Morgan fingerprint density at radius 3 is 2.12 bits per heavy atom. The molecule has 0 aromatic heterocycles. The van der Waals surface area contributed by atoms with E-state index in [9.17, 15) is 0 Å². The fraction of sp³-hybridized carbons (Fsp3) is 0.571. The van der Waals surface area contributed by atoms with E-state index in [1.165, 1.54) is 11.8 Å². The molecule has 0 bridgehead atoms. The van der Waals surface area contributed by atoms with Crippen molar-refractivity contribution in [3.05, 3.63) is 11.1 Å². The molecule has 0 radical (unpaired) electrons. The summed E-state index contributed by atoms with van der Waals surface area (Å²) in [6.45, 7) is 6.12. The van der Waals surface area contributed by atoms with Gasteiger partial charge in [-0.05, 0) is 25.8 Å². The molecule has 1 N–H and O–H groups in total. The van der Waals surface area contributed by atoms with Crippen LogP contribution in [0.4, 0.5) is 0 Å². The van der Waals surface area contributed by atoms with Crippen LogP contribution in [0.15, 0.2) is 11.1 Å². The van der Waals surface area contributed by atoms with Crippen LogP contribution < -0.4 is 0 Å². The van der Waals surface area contributed by atoms with Crippen molar-refractivity contribution in [2.75, 3.05) is 0 Å². The average molecular weight is 111 g/mol. The molecule has 0 aliphatic carbocycles. The monoisotopic (exact) mass is 111 g/mol. The van der Waals surface area contributed by atoms with Gasteiger partial charge < -0.3 is 5.41 Å². The van der Waals surface area contributed by atoms with Gasteiger partial charge in [0.25, 0.3) is 0 Å². The maximum Gasteiger partial charge on any atom is 0.0206 e. The standard InChI is InChI=1S/C7H13N/c1-4-6(2)7(3)5-8/h5,8H,4H2,1-3H3. The van der Waals surface area contributed by atoms with Crippen molar-refractivity contribution < 1.29 is 0 Å².